The van der Waals surface area contributed by atoms with E-state index in [0.717, 1.165) is 22.2 Å². The molecule has 0 bridgehead atoms. The number of hydrogen-bond acceptors (Lipinski definition) is 5. The van der Waals surface area contributed by atoms with Crippen LogP contribution in [0.2, 0.25) is 0 Å². The van der Waals surface area contributed by atoms with E-state index in [1.807, 2.05) is 30.3 Å². The number of rotatable bonds is 2. The summed E-state index contributed by atoms with van der Waals surface area (Å²) in [5.41, 5.74) is 1.05. The van der Waals surface area contributed by atoms with Gasteiger partial charge in [-0.3, -0.25) is 4.79 Å². The molecule has 100 valence electrons. The number of nitrogens with zero attached hydrogens (tertiary/aromatic N) is 1. The third-order valence-electron chi connectivity index (χ3n) is 2.85. The fourth-order valence-corrected chi connectivity index (χ4v) is 2.30. The molecule has 1 fully saturated rings. The summed E-state index contributed by atoms with van der Waals surface area (Å²) in [6, 6.07) is 9.40. The summed E-state index contributed by atoms with van der Waals surface area (Å²) in [5, 5.41) is 0. The second-order valence-electron chi connectivity index (χ2n) is 4.09. The molecule has 0 aliphatic carbocycles. The second-order valence-corrected chi connectivity index (χ2v) is 5.57. The quantitative estimate of drug-likeness (QED) is 0.783. The van der Waals surface area contributed by atoms with E-state index in [0.29, 0.717) is 6.42 Å². The van der Waals surface area contributed by atoms with Crippen LogP contribution in [0.15, 0.2) is 30.3 Å². The summed E-state index contributed by atoms with van der Waals surface area (Å²) in [6.07, 6.45) is 1.69. The summed E-state index contributed by atoms with van der Waals surface area (Å²) in [5.74, 6) is -0.439. The van der Waals surface area contributed by atoms with Crippen LogP contribution in [-0.2, 0) is 16.0 Å². The molecule has 1 aromatic carbocycles. The Balaban J connectivity index is 2.14. The molecular weight excluding hydrogens is 282 g/mol. The van der Waals surface area contributed by atoms with E-state index in [-0.39, 0.29) is 16.8 Å². The minimum atomic E-state index is -0.609. The molecule has 6 heteroatoms. The average Bonchev–Trinajstić information content (AvgIpc) is 2.79. The monoisotopic (exact) mass is 295 g/mol. The Morgan fingerprint density at radius 2 is 2.16 bits per heavy atom. The standard InChI is InChI=1S/C13H13NO3S2/c1-19-12(18)11(15)14-10(8-17-13(14)16)7-9-5-3-2-4-6-9/h2-6,10H,7-8H2,1H3/t10-/m0/s1. The van der Waals surface area contributed by atoms with Crippen LogP contribution in [0, 0.1) is 0 Å². The van der Waals surface area contributed by atoms with Gasteiger partial charge in [-0.25, -0.2) is 9.69 Å². The Morgan fingerprint density at radius 3 is 2.79 bits per heavy atom. The third-order valence-corrected chi connectivity index (χ3v) is 4.07. The van der Waals surface area contributed by atoms with E-state index in [9.17, 15) is 9.59 Å². The van der Waals surface area contributed by atoms with Gasteiger partial charge in [0.25, 0.3) is 5.91 Å². The maximum atomic E-state index is 12.1. The van der Waals surface area contributed by atoms with Gasteiger partial charge in [0.15, 0.2) is 0 Å². The molecule has 0 saturated carbocycles. The van der Waals surface area contributed by atoms with Crippen molar-refractivity contribution < 1.29 is 14.3 Å². The van der Waals surface area contributed by atoms with Crippen molar-refractivity contribution in [2.24, 2.45) is 0 Å². The zero-order valence-corrected chi connectivity index (χ0v) is 12.0. The molecule has 2 rings (SSSR count). The highest BCUT2D eigenvalue weighted by Crippen LogP contribution is 2.19. The zero-order chi connectivity index (χ0) is 13.8. The lowest BCUT2D eigenvalue weighted by molar-refractivity contribution is -0.121. The molecule has 1 aliphatic rings. The van der Waals surface area contributed by atoms with Crippen LogP contribution in [0.5, 0.6) is 0 Å². The molecule has 1 aromatic rings. The van der Waals surface area contributed by atoms with Crippen molar-refractivity contribution in [3.8, 4) is 0 Å². The fourth-order valence-electron chi connectivity index (χ4n) is 1.93. The molecule has 1 heterocycles. The Morgan fingerprint density at radius 1 is 1.47 bits per heavy atom. The van der Waals surface area contributed by atoms with Crippen LogP contribution < -0.4 is 0 Å². The van der Waals surface area contributed by atoms with Crippen molar-refractivity contribution in [1.29, 1.82) is 0 Å². The molecule has 0 aromatic heterocycles. The van der Waals surface area contributed by atoms with E-state index in [1.165, 1.54) is 0 Å². The van der Waals surface area contributed by atoms with Gasteiger partial charge in [-0.2, -0.15) is 0 Å². The Kier molecular flexibility index (Phi) is 4.55. The fraction of sp³-hybridized carbons (Fsp3) is 0.308. The number of hydrogen-bond donors (Lipinski definition) is 0. The number of carbonyl (C=O) groups is 2. The van der Waals surface area contributed by atoms with Gasteiger partial charge in [0.2, 0.25) is 0 Å². The van der Waals surface area contributed by atoms with Crippen molar-refractivity contribution in [3.63, 3.8) is 0 Å². The topological polar surface area (TPSA) is 46.6 Å². The van der Waals surface area contributed by atoms with Gasteiger partial charge in [0.05, 0.1) is 6.04 Å². The number of imide groups is 1. The van der Waals surface area contributed by atoms with E-state index in [4.69, 9.17) is 17.0 Å². The largest absolute Gasteiger partial charge is 0.447 e. The molecule has 1 atom stereocenters. The highest BCUT2D eigenvalue weighted by Gasteiger charge is 2.39. The van der Waals surface area contributed by atoms with Crippen molar-refractivity contribution in [3.05, 3.63) is 35.9 Å². The number of thioether (sulfide) groups is 1. The van der Waals surface area contributed by atoms with Crippen LogP contribution in [0.1, 0.15) is 5.56 Å². The molecule has 0 spiro atoms. The predicted molar refractivity (Wildman–Crippen MR) is 78.2 cm³/mol. The smallest absolute Gasteiger partial charge is 0.417 e. The van der Waals surface area contributed by atoms with Crippen LogP contribution in [0.3, 0.4) is 0 Å². The summed E-state index contributed by atoms with van der Waals surface area (Å²) < 4.78 is 5.14. The van der Waals surface area contributed by atoms with Crippen molar-refractivity contribution >= 4 is 40.2 Å². The van der Waals surface area contributed by atoms with Gasteiger partial charge in [-0.15, -0.1) is 11.8 Å². The van der Waals surface area contributed by atoms with Crippen molar-refractivity contribution in [1.82, 2.24) is 4.90 Å². The van der Waals surface area contributed by atoms with E-state index in [1.54, 1.807) is 6.26 Å². The summed E-state index contributed by atoms with van der Waals surface area (Å²) in [6.45, 7) is 0.219. The highest BCUT2D eigenvalue weighted by atomic mass is 32.2. The first-order valence-electron chi connectivity index (χ1n) is 5.75. The maximum absolute atomic E-state index is 12.1. The van der Waals surface area contributed by atoms with Gasteiger partial charge >= 0.3 is 6.09 Å². The van der Waals surface area contributed by atoms with E-state index >= 15 is 0 Å². The molecular formula is C13H13NO3S2. The van der Waals surface area contributed by atoms with Gasteiger partial charge in [-0.05, 0) is 18.2 Å². The number of amides is 2. The molecule has 0 unspecified atom stereocenters. The predicted octanol–water partition coefficient (Wildman–Crippen LogP) is 2.27. The third kappa shape index (κ3) is 3.13. The molecule has 19 heavy (non-hydrogen) atoms. The van der Waals surface area contributed by atoms with Crippen LogP contribution in [0.25, 0.3) is 0 Å². The zero-order valence-electron chi connectivity index (χ0n) is 10.4. The SMILES string of the molecule is CSC(=S)C(=O)N1C(=O)OC[C@@H]1Cc1ccccc1. The normalized spacial score (nSPS) is 18.3. The molecule has 2 amide bonds. The van der Waals surface area contributed by atoms with E-state index < -0.39 is 12.0 Å². The number of ether oxygens (including phenoxy) is 1. The number of thiocarbonyl (C=S) groups is 1. The van der Waals surface area contributed by atoms with Gasteiger partial charge < -0.3 is 4.74 Å². The lowest BCUT2D eigenvalue weighted by atomic mass is 10.1. The van der Waals surface area contributed by atoms with Crippen LogP contribution in [0.4, 0.5) is 4.79 Å². The second kappa shape index (κ2) is 6.16. The summed E-state index contributed by atoms with van der Waals surface area (Å²) >= 11 is 6.11. The number of carbonyl (C=O) groups excluding carboxylic acids is 2. The molecule has 0 radical (unpaired) electrons. The molecule has 4 nitrogen and oxygen atoms in total. The Bertz CT molecular complexity index is 504. The van der Waals surface area contributed by atoms with Crippen LogP contribution >= 0.6 is 24.0 Å². The highest BCUT2D eigenvalue weighted by molar-refractivity contribution is 8.24. The first-order valence-corrected chi connectivity index (χ1v) is 7.39. The number of cyclic esters (lactones) is 1. The van der Waals surface area contributed by atoms with E-state index in [2.05, 4.69) is 0 Å². The summed E-state index contributed by atoms with van der Waals surface area (Å²) in [4.78, 5) is 24.8. The van der Waals surface area contributed by atoms with Gasteiger partial charge in [-0.1, -0.05) is 42.5 Å². The van der Waals surface area contributed by atoms with Crippen LogP contribution in [-0.4, -0.2) is 40.0 Å². The Labute approximate surface area is 121 Å². The van der Waals surface area contributed by atoms with Gasteiger partial charge in [0, 0.05) is 0 Å². The van der Waals surface area contributed by atoms with Crippen molar-refractivity contribution in [2.45, 2.75) is 12.5 Å². The molecule has 1 aliphatic heterocycles. The molecule has 0 N–H and O–H groups in total. The Hall–Kier alpha value is -1.40. The lowest BCUT2D eigenvalue weighted by Gasteiger charge is -2.19. The average molecular weight is 295 g/mol. The minimum absolute atomic E-state index is 0.178. The first-order chi connectivity index (χ1) is 9.13. The maximum Gasteiger partial charge on any atom is 0.417 e. The lowest BCUT2D eigenvalue weighted by Crippen LogP contribution is -2.42. The summed E-state index contributed by atoms with van der Waals surface area (Å²) in [7, 11) is 0. The van der Waals surface area contributed by atoms with Gasteiger partial charge in [0.1, 0.15) is 10.8 Å². The minimum Gasteiger partial charge on any atom is -0.447 e. The van der Waals surface area contributed by atoms with Crippen molar-refractivity contribution in [2.75, 3.05) is 12.9 Å². The number of benzene rings is 1. The molecule has 1 saturated heterocycles. The first kappa shape index (κ1) is 14.0.